The van der Waals surface area contributed by atoms with Crippen molar-refractivity contribution in [1.82, 2.24) is 0 Å². The van der Waals surface area contributed by atoms with Gasteiger partial charge in [-0.1, -0.05) is 6.92 Å². The van der Waals surface area contributed by atoms with E-state index in [0.717, 1.165) is 6.07 Å². The molecular formula is C13H13F3O3. The number of carbonyl (C=O) groups is 2. The summed E-state index contributed by atoms with van der Waals surface area (Å²) in [5.41, 5.74) is -0.654. The number of ether oxygens (including phenoxy) is 1. The van der Waals surface area contributed by atoms with Crippen LogP contribution in [0.2, 0.25) is 0 Å². The Kier molecular flexibility index (Phi) is 5.09. The lowest BCUT2D eigenvalue weighted by Gasteiger charge is -2.13. The van der Waals surface area contributed by atoms with Gasteiger partial charge in [-0.05, 0) is 25.5 Å². The highest BCUT2D eigenvalue weighted by Crippen LogP contribution is 2.20. The normalized spacial score (nSPS) is 12.1. The van der Waals surface area contributed by atoms with Crippen LogP contribution in [0.15, 0.2) is 12.1 Å². The van der Waals surface area contributed by atoms with Crippen LogP contribution in [0, 0.1) is 23.4 Å². The van der Waals surface area contributed by atoms with E-state index < -0.39 is 40.7 Å². The zero-order valence-corrected chi connectivity index (χ0v) is 10.5. The molecule has 0 fully saturated rings. The van der Waals surface area contributed by atoms with Crippen LogP contribution in [0.3, 0.4) is 0 Å². The van der Waals surface area contributed by atoms with Gasteiger partial charge in [-0.3, -0.25) is 9.59 Å². The number of halogens is 3. The largest absolute Gasteiger partial charge is 0.465 e. The topological polar surface area (TPSA) is 43.4 Å². The van der Waals surface area contributed by atoms with Crippen LogP contribution in [-0.2, 0) is 9.53 Å². The second-order valence-corrected chi connectivity index (χ2v) is 3.80. The molecule has 104 valence electrons. The maximum atomic E-state index is 13.5. The zero-order chi connectivity index (χ0) is 14.6. The van der Waals surface area contributed by atoms with Crippen molar-refractivity contribution >= 4 is 11.8 Å². The highest BCUT2D eigenvalue weighted by atomic mass is 19.2. The molecule has 0 heterocycles. The first kappa shape index (κ1) is 15.2. The van der Waals surface area contributed by atoms with Crippen molar-refractivity contribution in [3.8, 4) is 0 Å². The molecule has 0 saturated carbocycles. The van der Waals surface area contributed by atoms with Crippen molar-refractivity contribution in [2.75, 3.05) is 6.61 Å². The number of carbonyl (C=O) groups excluding carboxylic acids is 2. The molecule has 1 aromatic rings. The highest BCUT2D eigenvalue weighted by molar-refractivity contribution is 6.08. The van der Waals surface area contributed by atoms with E-state index in [1.807, 2.05) is 0 Å². The molecule has 0 bridgehead atoms. The lowest BCUT2D eigenvalue weighted by molar-refractivity contribution is -0.146. The van der Waals surface area contributed by atoms with Crippen LogP contribution >= 0.6 is 0 Å². The fraction of sp³-hybridized carbons (Fsp3) is 0.385. The molecule has 0 radical (unpaired) electrons. The van der Waals surface area contributed by atoms with E-state index in [1.54, 1.807) is 6.92 Å². The van der Waals surface area contributed by atoms with Crippen molar-refractivity contribution in [3.05, 3.63) is 35.1 Å². The summed E-state index contributed by atoms with van der Waals surface area (Å²) in [5.74, 6) is -7.66. The van der Waals surface area contributed by atoms with Gasteiger partial charge in [0.05, 0.1) is 12.2 Å². The summed E-state index contributed by atoms with van der Waals surface area (Å²) in [6, 6.07) is 1.46. The maximum Gasteiger partial charge on any atom is 0.316 e. The number of hydrogen-bond acceptors (Lipinski definition) is 3. The lowest BCUT2D eigenvalue weighted by Crippen LogP contribution is -2.26. The maximum absolute atomic E-state index is 13.5. The Morgan fingerprint density at radius 3 is 2.32 bits per heavy atom. The Balaban J connectivity index is 3.11. The zero-order valence-electron chi connectivity index (χ0n) is 10.5. The molecule has 0 aliphatic heterocycles. The monoisotopic (exact) mass is 274 g/mol. The molecule has 0 aromatic heterocycles. The van der Waals surface area contributed by atoms with Crippen molar-refractivity contribution in [2.45, 2.75) is 20.3 Å². The van der Waals surface area contributed by atoms with Gasteiger partial charge in [-0.2, -0.15) is 0 Å². The van der Waals surface area contributed by atoms with E-state index >= 15 is 0 Å². The minimum Gasteiger partial charge on any atom is -0.465 e. The summed E-state index contributed by atoms with van der Waals surface area (Å²) in [7, 11) is 0. The molecule has 0 N–H and O–H groups in total. The molecule has 0 amide bonds. The molecule has 0 aliphatic carbocycles. The van der Waals surface area contributed by atoms with Crippen LogP contribution in [0.5, 0.6) is 0 Å². The molecule has 3 nitrogen and oxygen atoms in total. The van der Waals surface area contributed by atoms with E-state index in [2.05, 4.69) is 4.74 Å². The first-order valence-electron chi connectivity index (χ1n) is 5.78. The molecular weight excluding hydrogens is 261 g/mol. The van der Waals surface area contributed by atoms with Crippen LogP contribution in [0.1, 0.15) is 30.6 Å². The van der Waals surface area contributed by atoms with E-state index in [4.69, 9.17) is 0 Å². The average molecular weight is 274 g/mol. The van der Waals surface area contributed by atoms with Crippen LogP contribution < -0.4 is 0 Å². The van der Waals surface area contributed by atoms with Crippen LogP contribution in [-0.4, -0.2) is 18.4 Å². The Labute approximate surface area is 108 Å². The molecule has 1 atom stereocenters. The number of rotatable bonds is 5. The first-order chi connectivity index (χ1) is 8.93. The van der Waals surface area contributed by atoms with Crippen molar-refractivity contribution in [2.24, 2.45) is 5.92 Å². The second kappa shape index (κ2) is 6.36. The van der Waals surface area contributed by atoms with E-state index in [0.29, 0.717) is 6.07 Å². The fourth-order valence-electron chi connectivity index (χ4n) is 1.61. The summed E-state index contributed by atoms with van der Waals surface area (Å²) in [6.45, 7) is 3.17. The van der Waals surface area contributed by atoms with Gasteiger partial charge in [0.25, 0.3) is 0 Å². The first-order valence-corrected chi connectivity index (χ1v) is 5.78. The number of hydrogen-bond donors (Lipinski definition) is 0. The van der Waals surface area contributed by atoms with Crippen molar-refractivity contribution < 1.29 is 27.5 Å². The number of Topliss-reactive ketones (excluding diaryl/α,β-unsaturated/α-hetero) is 1. The van der Waals surface area contributed by atoms with Gasteiger partial charge in [0, 0.05) is 0 Å². The molecule has 0 saturated heterocycles. The predicted octanol–water partition coefficient (Wildman–Crippen LogP) is 2.88. The summed E-state index contributed by atoms with van der Waals surface area (Å²) in [6.07, 6.45) is 0.0795. The number of esters is 1. The second-order valence-electron chi connectivity index (χ2n) is 3.80. The summed E-state index contributed by atoms with van der Waals surface area (Å²) in [4.78, 5) is 23.5. The minimum atomic E-state index is -1.73. The van der Waals surface area contributed by atoms with Crippen molar-refractivity contribution in [1.29, 1.82) is 0 Å². The number of ketones is 1. The Hall–Kier alpha value is -1.85. The molecule has 1 unspecified atom stereocenters. The van der Waals surface area contributed by atoms with Gasteiger partial charge in [-0.25, -0.2) is 13.2 Å². The summed E-state index contributed by atoms with van der Waals surface area (Å²) in [5, 5.41) is 0. The highest BCUT2D eigenvalue weighted by Gasteiger charge is 2.30. The molecule has 0 aliphatic rings. The van der Waals surface area contributed by atoms with Crippen LogP contribution in [0.25, 0.3) is 0 Å². The summed E-state index contributed by atoms with van der Waals surface area (Å²) < 4.78 is 44.0. The Morgan fingerprint density at radius 2 is 1.79 bits per heavy atom. The molecule has 19 heavy (non-hydrogen) atoms. The van der Waals surface area contributed by atoms with E-state index in [9.17, 15) is 22.8 Å². The quantitative estimate of drug-likeness (QED) is 0.359. The molecule has 1 aromatic carbocycles. The van der Waals surface area contributed by atoms with Gasteiger partial charge in [0.15, 0.2) is 23.2 Å². The minimum absolute atomic E-state index is 0.0723. The lowest BCUT2D eigenvalue weighted by atomic mass is 9.95. The third kappa shape index (κ3) is 3.13. The van der Waals surface area contributed by atoms with Gasteiger partial charge in [0.2, 0.25) is 0 Å². The Bertz CT molecular complexity index is 500. The van der Waals surface area contributed by atoms with Gasteiger partial charge in [-0.15, -0.1) is 0 Å². The predicted molar refractivity (Wildman–Crippen MR) is 61.1 cm³/mol. The molecule has 6 heteroatoms. The molecule has 0 spiro atoms. The van der Waals surface area contributed by atoms with Crippen LogP contribution in [0.4, 0.5) is 13.2 Å². The SMILES string of the molecule is CCOC(=O)C(CC)C(=O)c1ccc(F)c(F)c1F. The third-order valence-electron chi connectivity index (χ3n) is 2.60. The smallest absolute Gasteiger partial charge is 0.316 e. The van der Waals surface area contributed by atoms with Gasteiger partial charge in [0.1, 0.15) is 5.92 Å². The van der Waals surface area contributed by atoms with Gasteiger partial charge < -0.3 is 4.74 Å². The fourth-order valence-corrected chi connectivity index (χ4v) is 1.61. The van der Waals surface area contributed by atoms with E-state index in [1.165, 1.54) is 6.92 Å². The van der Waals surface area contributed by atoms with Gasteiger partial charge >= 0.3 is 5.97 Å². The summed E-state index contributed by atoms with van der Waals surface area (Å²) >= 11 is 0. The third-order valence-corrected chi connectivity index (χ3v) is 2.60. The molecule has 1 rings (SSSR count). The number of benzene rings is 1. The standard InChI is InChI=1S/C13H13F3O3/c1-3-7(13(18)19-4-2)12(17)8-5-6-9(14)11(16)10(8)15/h5-7H,3-4H2,1-2H3. The van der Waals surface area contributed by atoms with Crippen molar-refractivity contribution in [3.63, 3.8) is 0 Å². The Morgan fingerprint density at radius 1 is 1.16 bits per heavy atom. The van der Waals surface area contributed by atoms with E-state index in [-0.39, 0.29) is 13.0 Å². The average Bonchev–Trinajstić information content (AvgIpc) is 2.37.